The molecule has 4 nitrogen and oxygen atoms in total. The average Bonchev–Trinajstić information content (AvgIpc) is 2.49. The van der Waals surface area contributed by atoms with Gasteiger partial charge in [0, 0.05) is 25.0 Å². The van der Waals surface area contributed by atoms with Gasteiger partial charge in [0.2, 0.25) is 5.91 Å². The molecule has 0 aromatic carbocycles. The fourth-order valence-corrected chi connectivity index (χ4v) is 3.04. The maximum absolute atomic E-state index is 12.5. The molecule has 4 heteroatoms. The van der Waals surface area contributed by atoms with E-state index in [2.05, 4.69) is 0 Å². The quantitative estimate of drug-likeness (QED) is 0.758. The molecule has 0 aromatic heterocycles. The lowest BCUT2D eigenvalue weighted by Gasteiger charge is -2.36. The number of hydrogen-bond donors (Lipinski definition) is 0. The molecule has 1 aliphatic heterocycles. The lowest BCUT2D eigenvalue weighted by molar-refractivity contribution is -0.130. The van der Waals surface area contributed by atoms with E-state index in [0.29, 0.717) is 13.0 Å². The number of imide groups is 1. The van der Waals surface area contributed by atoms with Gasteiger partial charge in [-0.2, -0.15) is 0 Å². The summed E-state index contributed by atoms with van der Waals surface area (Å²) in [5.41, 5.74) is 0. The maximum atomic E-state index is 12.5. The second kappa shape index (κ2) is 5.72. The van der Waals surface area contributed by atoms with Gasteiger partial charge in [0.25, 0.3) is 0 Å². The van der Waals surface area contributed by atoms with Crippen molar-refractivity contribution in [2.45, 2.75) is 70.9 Å². The first-order valence-electron chi connectivity index (χ1n) is 7.24. The van der Waals surface area contributed by atoms with Gasteiger partial charge in [0.05, 0.1) is 0 Å². The zero-order chi connectivity index (χ0) is 13.1. The van der Waals surface area contributed by atoms with Crippen LogP contribution in [-0.2, 0) is 4.79 Å². The Labute approximate surface area is 109 Å². The summed E-state index contributed by atoms with van der Waals surface area (Å²) in [5, 5.41) is 0. The highest BCUT2D eigenvalue weighted by Crippen LogP contribution is 2.26. The molecule has 2 rings (SSSR count). The third-order valence-electron chi connectivity index (χ3n) is 4.07. The fraction of sp³-hybridized carbons (Fsp3) is 0.857. The lowest BCUT2D eigenvalue weighted by Crippen LogP contribution is -2.51. The normalized spacial score (nSPS) is 23.7. The Morgan fingerprint density at radius 1 is 1.06 bits per heavy atom. The number of rotatable bonds is 2. The summed E-state index contributed by atoms with van der Waals surface area (Å²) in [5.74, 6) is 0.0371. The number of carbonyl (C=O) groups is 2. The van der Waals surface area contributed by atoms with Crippen LogP contribution in [0.3, 0.4) is 0 Å². The molecular weight excluding hydrogens is 228 g/mol. The molecule has 102 valence electrons. The van der Waals surface area contributed by atoms with Crippen molar-refractivity contribution in [1.82, 2.24) is 9.80 Å². The average molecular weight is 252 g/mol. The van der Waals surface area contributed by atoms with E-state index in [9.17, 15) is 9.59 Å². The molecule has 3 amide bonds. The Bertz CT molecular complexity index is 322. The van der Waals surface area contributed by atoms with Crippen molar-refractivity contribution >= 4 is 11.9 Å². The summed E-state index contributed by atoms with van der Waals surface area (Å²) in [6, 6.07) is 0.270. The van der Waals surface area contributed by atoms with Gasteiger partial charge in [0.1, 0.15) is 0 Å². The van der Waals surface area contributed by atoms with Crippen molar-refractivity contribution in [3.8, 4) is 0 Å². The van der Waals surface area contributed by atoms with Crippen LogP contribution in [0.1, 0.15) is 58.8 Å². The summed E-state index contributed by atoms with van der Waals surface area (Å²) >= 11 is 0. The van der Waals surface area contributed by atoms with E-state index in [0.717, 1.165) is 32.1 Å². The second-order valence-electron chi connectivity index (χ2n) is 5.73. The molecular formula is C14H24N2O2. The van der Waals surface area contributed by atoms with Crippen molar-refractivity contribution in [2.24, 2.45) is 0 Å². The number of nitrogens with zero attached hydrogens (tertiary/aromatic N) is 2. The first kappa shape index (κ1) is 13.4. The molecule has 18 heavy (non-hydrogen) atoms. The van der Waals surface area contributed by atoms with E-state index in [4.69, 9.17) is 0 Å². The summed E-state index contributed by atoms with van der Waals surface area (Å²) in [4.78, 5) is 28.1. The van der Waals surface area contributed by atoms with E-state index in [1.807, 2.05) is 18.7 Å². The first-order chi connectivity index (χ1) is 8.61. The topological polar surface area (TPSA) is 40.6 Å². The van der Waals surface area contributed by atoms with Crippen LogP contribution in [0.5, 0.6) is 0 Å². The summed E-state index contributed by atoms with van der Waals surface area (Å²) in [6.07, 6.45) is 6.82. The molecule has 0 atom stereocenters. The SMILES string of the molecule is CC(C)N1CCCC(=O)N(C2CCCCC2)C1=O. The second-order valence-corrected chi connectivity index (χ2v) is 5.73. The standard InChI is InChI=1S/C14H24N2O2/c1-11(2)15-10-6-9-13(17)16(14(15)18)12-7-4-3-5-8-12/h11-12H,3-10H2,1-2H3. The summed E-state index contributed by atoms with van der Waals surface area (Å²) < 4.78 is 0. The van der Waals surface area contributed by atoms with Crippen LogP contribution >= 0.6 is 0 Å². The zero-order valence-corrected chi connectivity index (χ0v) is 11.5. The van der Waals surface area contributed by atoms with Gasteiger partial charge in [-0.3, -0.25) is 9.69 Å². The predicted octanol–water partition coefficient (Wildman–Crippen LogP) is 2.77. The van der Waals surface area contributed by atoms with Gasteiger partial charge >= 0.3 is 6.03 Å². The van der Waals surface area contributed by atoms with Crippen LogP contribution in [-0.4, -0.2) is 40.4 Å². The minimum Gasteiger partial charge on any atom is -0.322 e. The van der Waals surface area contributed by atoms with Gasteiger partial charge in [-0.25, -0.2) is 4.79 Å². The van der Waals surface area contributed by atoms with Crippen LogP contribution in [0.2, 0.25) is 0 Å². The van der Waals surface area contributed by atoms with Crippen LogP contribution in [0.4, 0.5) is 4.79 Å². The largest absolute Gasteiger partial charge is 0.327 e. The number of urea groups is 1. The maximum Gasteiger partial charge on any atom is 0.327 e. The number of hydrogen-bond acceptors (Lipinski definition) is 2. The highest BCUT2D eigenvalue weighted by Gasteiger charge is 2.36. The van der Waals surface area contributed by atoms with E-state index >= 15 is 0 Å². The Balaban J connectivity index is 2.17. The van der Waals surface area contributed by atoms with Crippen molar-refractivity contribution in [2.75, 3.05) is 6.54 Å². The molecule has 0 bridgehead atoms. The number of amides is 3. The molecule has 0 spiro atoms. The third kappa shape index (κ3) is 2.68. The Morgan fingerprint density at radius 2 is 1.72 bits per heavy atom. The molecule has 1 heterocycles. The zero-order valence-electron chi connectivity index (χ0n) is 11.5. The van der Waals surface area contributed by atoms with Crippen molar-refractivity contribution < 1.29 is 9.59 Å². The molecule has 0 unspecified atom stereocenters. The Hall–Kier alpha value is -1.06. The summed E-state index contributed by atoms with van der Waals surface area (Å²) in [6.45, 7) is 4.75. The van der Waals surface area contributed by atoms with Crippen LogP contribution in [0, 0.1) is 0 Å². The van der Waals surface area contributed by atoms with Gasteiger partial charge in [-0.15, -0.1) is 0 Å². The lowest BCUT2D eigenvalue weighted by atomic mass is 9.94. The van der Waals surface area contributed by atoms with Gasteiger partial charge < -0.3 is 4.90 Å². The molecule has 1 aliphatic carbocycles. The summed E-state index contributed by atoms with van der Waals surface area (Å²) in [7, 11) is 0. The van der Waals surface area contributed by atoms with Crippen LogP contribution < -0.4 is 0 Å². The number of carbonyl (C=O) groups excluding carboxylic acids is 2. The van der Waals surface area contributed by atoms with Gasteiger partial charge in [-0.1, -0.05) is 19.3 Å². The van der Waals surface area contributed by atoms with Crippen LogP contribution in [0.25, 0.3) is 0 Å². The third-order valence-corrected chi connectivity index (χ3v) is 4.07. The molecule has 1 saturated heterocycles. The monoisotopic (exact) mass is 252 g/mol. The minimum absolute atomic E-state index is 0.0371. The Morgan fingerprint density at radius 3 is 2.33 bits per heavy atom. The van der Waals surface area contributed by atoms with Crippen molar-refractivity contribution in [3.05, 3.63) is 0 Å². The molecule has 0 aromatic rings. The van der Waals surface area contributed by atoms with Crippen molar-refractivity contribution in [1.29, 1.82) is 0 Å². The molecule has 2 fully saturated rings. The predicted molar refractivity (Wildman–Crippen MR) is 70.2 cm³/mol. The molecule has 0 N–H and O–H groups in total. The van der Waals surface area contributed by atoms with E-state index in [1.165, 1.54) is 6.42 Å². The Kier molecular flexibility index (Phi) is 4.25. The smallest absolute Gasteiger partial charge is 0.322 e. The van der Waals surface area contributed by atoms with E-state index < -0.39 is 0 Å². The highest BCUT2D eigenvalue weighted by atomic mass is 16.2. The van der Waals surface area contributed by atoms with Gasteiger partial charge in [0.15, 0.2) is 0 Å². The van der Waals surface area contributed by atoms with Crippen molar-refractivity contribution in [3.63, 3.8) is 0 Å². The van der Waals surface area contributed by atoms with E-state index in [-0.39, 0.29) is 24.0 Å². The van der Waals surface area contributed by atoms with Crippen LogP contribution in [0.15, 0.2) is 0 Å². The highest BCUT2D eigenvalue weighted by molar-refractivity contribution is 5.95. The first-order valence-corrected chi connectivity index (χ1v) is 7.24. The molecule has 2 aliphatic rings. The van der Waals surface area contributed by atoms with E-state index in [1.54, 1.807) is 4.90 Å². The van der Waals surface area contributed by atoms with Gasteiger partial charge in [-0.05, 0) is 33.1 Å². The fourth-order valence-electron chi connectivity index (χ4n) is 3.04. The molecule has 1 saturated carbocycles. The molecule has 0 radical (unpaired) electrons. The minimum atomic E-state index is -0.0561.